The maximum Gasteiger partial charge on any atom is 0.231 e. The average molecular weight is 353 g/mol. The summed E-state index contributed by atoms with van der Waals surface area (Å²) in [6.07, 6.45) is 2.43. The van der Waals surface area contributed by atoms with E-state index in [-0.39, 0.29) is 11.8 Å². The molecule has 1 aromatic heterocycles. The van der Waals surface area contributed by atoms with E-state index in [1.54, 1.807) is 0 Å². The fraction of sp³-hybridized carbons (Fsp3) is 0.529. The summed E-state index contributed by atoms with van der Waals surface area (Å²) < 4.78 is 4.95. The second kappa shape index (κ2) is 5.12. The minimum Gasteiger partial charge on any atom is -0.440 e. The number of halogens is 2. The number of alkyl halides is 2. The molecular weight excluding hydrogens is 335 g/mol. The van der Waals surface area contributed by atoms with Crippen LogP contribution in [0.5, 0.6) is 0 Å². The number of hydrogen-bond acceptors (Lipinski definition) is 3. The average Bonchev–Trinajstić information content (AvgIpc) is 2.89. The smallest absolute Gasteiger partial charge is 0.231 e. The first-order valence-electron chi connectivity index (χ1n) is 7.93. The van der Waals surface area contributed by atoms with E-state index >= 15 is 0 Å². The molecule has 1 aliphatic carbocycles. The number of carbonyl (C=O) groups excluding carboxylic acids is 1. The van der Waals surface area contributed by atoms with Crippen molar-refractivity contribution in [3.8, 4) is 0 Å². The van der Waals surface area contributed by atoms with E-state index in [9.17, 15) is 4.79 Å². The summed E-state index contributed by atoms with van der Waals surface area (Å²) in [5.74, 6) is 0.887. The van der Waals surface area contributed by atoms with Gasteiger partial charge in [0.15, 0.2) is 11.5 Å². The Hall–Kier alpha value is -1.26. The summed E-state index contributed by atoms with van der Waals surface area (Å²) in [5.41, 5.74) is 1.00. The molecular formula is C17H18Cl2N2O2. The summed E-state index contributed by atoms with van der Waals surface area (Å²) in [6.45, 7) is 3.21. The number of nitrogens with zero attached hydrogens (tertiary/aromatic N) is 2. The van der Waals surface area contributed by atoms with Gasteiger partial charge in [-0.3, -0.25) is 4.79 Å². The fourth-order valence-electron chi connectivity index (χ4n) is 3.41. The molecule has 0 spiro atoms. The van der Waals surface area contributed by atoms with Crippen molar-refractivity contribution in [1.29, 1.82) is 0 Å². The summed E-state index contributed by atoms with van der Waals surface area (Å²) in [7, 11) is 0. The molecule has 1 saturated carbocycles. The van der Waals surface area contributed by atoms with E-state index in [2.05, 4.69) is 4.98 Å². The zero-order valence-electron chi connectivity index (χ0n) is 12.9. The Labute approximate surface area is 144 Å². The summed E-state index contributed by atoms with van der Waals surface area (Å²) in [6, 6.07) is 7.73. The highest BCUT2D eigenvalue weighted by Gasteiger charge is 2.68. The molecule has 0 bridgehead atoms. The van der Waals surface area contributed by atoms with Crippen molar-refractivity contribution in [3.05, 3.63) is 30.2 Å². The molecule has 1 aromatic carbocycles. The van der Waals surface area contributed by atoms with Crippen molar-refractivity contribution in [2.45, 2.75) is 36.4 Å². The molecule has 6 heteroatoms. The van der Waals surface area contributed by atoms with E-state index in [1.165, 1.54) is 0 Å². The molecule has 2 aliphatic rings. The number of hydrogen-bond donors (Lipinski definition) is 0. The maximum atomic E-state index is 12.8. The molecule has 23 heavy (non-hydrogen) atoms. The van der Waals surface area contributed by atoms with E-state index in [1.807, 2.05) is 36.1 Å². The first kappa shape index (κ1) is 15.3. The number of carbonyl (C=O) groups is 1. The molecule has 0 unspecified atom stereocenters. The Kier molecular flexibility index (Phi) is 3.40. The van der Waals surface area contributed by atoms with Crippen molar-refractivity contribution in [2.24, 2.45) is 5.41 Å². The molecule has 122 valence electrons. The van der Waals surface area contributed by atoms with Crippen LogP contribution in [0.2, 0.25) is 0 Å². The zero-order valence-corrected chi connectivity index (χ0v) is 14.4. The molecule has 1 saturated heterocycles. The quantitative estimate of drug-likeness (QED) is 0.763. The second-order valence-electron chi connectivity index (χ2n) is 6.82. The zero-order chi connectivity index (χ0) is 16.2. The van der Waals surface area contributed by atoms with Crippen LogP contribution >= 0.6 is 23.2 Å². The van der Waals surface area contributed by atoms with Gasteiger partial charge in [-0.05, 0) is 38.3 Å². The van der Waals surface area contributed by atoms with Gasteiger partial charge in [-0.2, -0.15) is 0 Å². The number of likely N-dealkylation sites (tertiary alicyclic amines) is 1. The molecule has 2 atom stereocenters. The predicted molar refractivity (Wildman–Crippen MR) is 89.7 cm³/mol. The van der Waals surface area contributed by atoms with Crippen LogP contribution < -0.4 is 0 Å². The van der Waals surface area contributed by atoms with E-state index < -0.39 is 9.75 Å². The number of oxazole rings is 1. The minimum absolute atomic E-state index is 0.0447. The monoisotopic (exact) mass is 352 g/mol. The lowest BCUT2D eigenvalue weighted by Gasteiger charge is -2.33. The Morgan fingerprint density at radius 2 is 2.13 bits per heavy atom. The normalized spacial score (nSPS) is 29.7. The summed E-state index contributed by atoms with van der Waals surface area (Å²) in [5, 5.41) is 0. The second-order valence-corrected chi connectivity index (χ2v) is 8.31. The van der Waals surface area contributed by atoms with Crippen molar-refractivity contribution in [1.82, 2.24) is 9.88 Å². The van der Waals surface area contributed by atoms with Gasteiger partial charge in [0.2, 0.25) is 5.91 Å². The standard InChI is InChI=1S/C17H18Cl2N2O2/c1-16(10-17(16,18)19)15(22)21-8-4-5-11(9-21)14-20-12-6-2-3-7-13(12)23-14/h2-3,6-7,11H,4-5,8-10H2,1H3/t11-,16+/m0/s1. The van der Waals surface area contributed by atoms with Crippen LogP contribution in [0.3, 0.4) is 0 Å². The van der Waals surface area contributed by atoms with Gasteiger partial charge in [0, 0.05) is 13.1 Å². The molecule has 4 rings (SSSR count). The Morgan fingerprint density at radius 3 is 2.83 bits per heavy atom. The molecule has 2 heterocycles. The number of piperidine rings is 1. The van der Waals surface area contributed by atoms with Crippen LogP contribution in [0.4, 0.5) is 0 Å². The van der Waals surface area contributed by atoms with Gasteiger partial charge >= 0.3 is 0 Å². The minimum atomic E-state index is -0.922. The molecule has 1 aliphatic heterocycles. The Bertz CT molecular complexity index is 740. The van der Waals surface area contributed by atoms with Gasteiger partial charge < -0.3 is 9.32 Å². The molecule has 2 fully saturated rings. The van der Waals surface area contributed by atoms with Crippen LogP contribution in [0.15, 0.2) is 28.7 Å². The highest BCUT2D eigenvalue weighted by atomic mass is 35.5. The van der Waals surface area contributed by atoms with Gasteiger partial charge in [0.05, 0.1) is 11.3 Å². The number of aromatic nitrogens is 1. The van der Waals surface area contributed by atoms with Crippen molar-refractivity contribution < 1.29 is 9.21 Å². The third-order valence-corrected chi connectivity index (χ3v) is 6.20. The number of amides is 1. The highest BCUT2D eigenvalue weighted by molar-refractivity contribution is 6.53. The van der Waals surface area contributed by atoms with Crippen LogP contribution in [0.25, 0.3) is 11.1 Å². The van der Waals surface area contributed by atoms with Crippen LogP contribution in [-0.2, 0) is 4.79 Å². The topological polar surface area (TPSA) is 46.3 Å². The first-order chi connectivity index (χ1) is 10.9. The molecule has 0 N–H and O–H groups in total. The van der Waals surface area contributed by atoms with Gasteiger partial charge in [-0.25, -0.2) is 4.98 Å². The number of fused-ring (bicyclic) bond motifs is 1. The van der Waals surface area contributed by atoms with Crippen LogP contribution in [-0.4, -0.2) is 33.2 Å². The van der Waals surface area contributed by atoms with Gasteiger partial charge in [-0.15, -0.1) is 23.2 Å². The number of para-hydroxylation sites is 2. The third kappa shape index (κ3) is 2.43. The van der Waals surface area contributed by atoms with Crippen LogP contribution in [0, 0.1) is 5.41 Å². The Morgan fingerprint density at radius 1 is 1.39 bits per heavy atom. The largest absolute Gasteiger partial charge is 0.440 e. The van der Waals surface area contributed by atoms with Gasteiger partial charge in [0.1, 0.15) is 9.85 Å². The molecule has 2 aromatic rings. The van der Waals surface area contributed by atoms with Gasteiger partial charge in [0.25, 0.3) is 0 Å². The van der Waals surface area contributed by atoms with Crippen molar-refractivity contribution in [3.63, 3.8) is 0 Å². The van der Waals surface area contributed by atoms with Gasteiger partial charge in [-0.1, -0.05) is 12.1 Å². The molecule has 0 radical (unpaired) electrons. The predicted octanol–water partition coefficient (Wildman–Crippen LogP) is 4.12. The highest BCUT2D eigenvalue weighted by Crippen LogP contribution is 2.64. The van der Waals surface area contributed by atoms with Crippen LogP contribution in [0.1, 0.15) is 38.0 Å². The SMILES string of the molecule is C[C@]1(C(=O)N2CCC[C@H](c3nc4ccccc4o3)C2)CC1(Cl)Cl. The maximum absolute atomic E-state index is 12.8. The summed E-state index contributed by atoms with van der Waals surface area (Å²) in [4.78, 5) is 19.2. The molecule has 4 nitrogen and oxygen atoms in total. The third-order valence-electron chi connectivity index (χ3n) is 5.10. The number of benzene rings is 1. The summed E-state index contributed by atoms with van der Waals surface area (Å²) >= 11 is 12.3. The lowest BCUT2D eigenvalue weighted by atomic mass is 9.96. The lowest BCUT2D eigenvalue weighted by molar-refractivity contribution is -0.137. The fourth-order valence-corrected chi connectivity index (χ4v) is 4.10. The van der Waals surface area contributed by atoms with Crippen molar-refractivity contribution in [2.75, 3.05) is 13.1 Å². The number of rotatable bonds is 2. The van der Waals surface area contributed by atoms with Crippen molar-refractivity contribution >= 4 is 40.2 Å². The van der Waals surface area contributed by atoms with E-state index in [0.717, 1.165) is 30.5 Å². The Balaban J connectivity index is 1.54. The van der Waals surface area contributed by atoms with E-state index in [4.69, 9.17) is 27.6 Å². The molecule has 1 amide bonds. The lowest BCUT2D eigenvalue weighted by Crippen LogP contribution is -2.43. The van der Waals surface area contributed by atoms with E-state index in [0.29, 0.717) is 18.9 Å². The first-order valence-corrected chi connectivity index (χ1v) is 8.69.